The summed E-state index contributed by atoms with van der Waals surface area (Å²) < 4.78 is 51.1. The van der Waals surface area contributed by atoms with Gasteiger partial charge in [0.1, 0.15) is 5.82 Å². The van der Waals surface area contributed by atoms with Crippen LogP contribution in [-0.2, 0) is 17.0 Å². The molecule has 0 aliphatic carbocycles. The highest BCUT2D eigenvalue weighted by molar-refractivity contribution is 7.85. The van der Waals surface area contributed by atoms with Gasteiger partial charge in [0.15, 0.2) is 0 Å². The molecule has 23 heavy (non-hydrogen) atoms. The molecule has 0 radical (unpaired) electrons. The van der Waals surface area contributed by atoms with Crippen LogP contribution in [0.1, 0.15) is 25.8 Å². The highest BCUT2D eigenvalue weighted by Crippen LogP contribution is 2.36. The predicted molar refractivity (Wildman–Crippen MR) is 83.0 cm³/mol. The first-order valence-electron chi connectivity index (χ1n) is 7.73. The van der Waals surface area contributed by atoms with Crippen LogP contribution in [0.3, 0.4) is 0 Å². The van der Waals surface area contributed by atoms with Gasteiger partial charge in [-0.1, -0.05) is 0 Å². The lowest BCUT2D eigenvalue weighted by atomic mass is 10.1. The maximum atomic E-state index is 12.9. The van der Waals surface area contributed by atoms with E-state index in [-0.39, 0.29) is 10.9 Å². The molecule has 0 spiro atoms. The lowest BCUT2D eigenvalue weighted by Gasteiger charge is -2.43. The zero-order valence-corrected chi connectivity index (χ0v) is 14.0. The standard InChI is InChI=1S/C15H20F3N3OS/c1-10(2)20-4-5-21-12(9-20)3-6-23(22)13-7-11(15(16,17)18)8-19-14(13)21/h7-8,10,12H,3-6,9H2,1-2H3/t12-,23-/m1/s1. The summed E-state index contributed by atoms with van der Waals surface area (Å²) in [7, 11) is -1.44. The van der Waals surface area contributed by atoms with E-state index in [1.807, 2.05) is 4.90 Å². The van der Waals surface area contributed by atoms with Crippen LogP contribution in [-0.4, -0.2) is 51.6 Å². The molecule has 8 heteroatoms. The molecule has 2 atom stereocenters. The topological polar surface area (TPSA) is 36.4 Å². The van der Waals surface area contributed by atoms with Crippen LogP contribution in [0.5, 0.6) is 0 Å². The minimum atomic E-state index is -4.46. The molecule has 1 aromatic heterocycles. The maximum absolute atomic E-state index is 12.9. The molecule has 1 fully saturated rings. The smallest absolute Gasteiger partial charge is 0.350 e. The van der Waals surface area contributed by atoms with Crippen molar-refractivity contribution in [1.29, 1.82) is 0 Å². The molecular formula is C15H20F3N3OS. The van der Waals surface area contributed by atoms with Gasteiger partial charge in [-0.2, -0.15) is 13.2 Å². The van der Waals surface area contributed by atoms with Crippen molar-refractivity contribution in [2.75, 3.05) is 30.3 Å². The Hall–Kier alpha value is -1.15. The van der Waals surface area contributed by atoms with E-state index in [4.69, 9.17) is 0 Å². The second kappa shape index (κ2) is 6.05. The van der Waals surface area contributed by atoms with Gasteiger partial charge in [-0.05, 0) is 26.3 Å². The summed E-state index contributed by atoms with van der Waals surface area (Å²) in [6.45, 7) is 6.63. The van der Waals surface area contributed by atoms with Crippen molar-refractivity contribution in [1.82, 2.24) is 9.88 Å². The highest BCUT2D eigenvalue weighted by atomic mass is 32.2. The number of aromatic nitrogens is 1. The summed E-state index contributed by atoms with van der Waals surface area (Å²) in [4.78, 5) is 8.65. The average Bonchev–Trinajstić information content (AvgIpc) is 2.63. The number of hydrogen-bond donors (Lipinski definition) is 0. The molecule has 2 aliphatic heterocycles. The second-order valence-corrected chi connectivity index (χ2v) is 7.86. The van der Waals surface area contributed by atoms with E-state index in [1.165, 1.54) is 0 Å². The zero-order chi connectivity index (χ0) is 16.8. The normalized spacial score (nSPS) is 25.9. The van der Waals surface area contributed by atoms with Gasteiger partial charge in [0.05, 0.1) is 21.3 Å². The van der Waals surface area contributed by atoms with Crippen molar-refractivity contribution in [2.45, 2.75) is 43.4 Å². The second-order valence-electron chi connectivity index (χ2n) is 6.32. The summed E-state index contributed by atoms with van der Waals surface area (Å²) in [6.07, 6.45) is -2.91. The van der Waals surface area contributed by atoms with Crippen LogP contribution in [0, 0.1) is 0 Å². The lowest BCUT2D eigenvalue weighted by molar-refractivity contribution is -0.138. The van der Waals surface area contributed by atoms with Gasteiger partial charge in [0, 0.05) is 43.7 Å². The van der Waals surface area contributed by atoms with Crippen molar-refractivity contribution in [3.63, 3.8) is 0 Å². The molecule has 1 saturated heterocycles. The van der Waals surface area contributed by atoms with Crippen LogP contribution >= 0.6 is 0 Å². The molecule has 4 nitrogen and oxygen atoms in total. The average molecular weight is 347 g/mol. The third-order valence-electron chi connectivity index (χ3n) is 4.56. The summed E-state index contributed by atoms with van der Waals surface area (Å²) >= 11 is 0. The molecule has 0 saturated carbocycles. The quantitative estimate of drug-likeness (QED) is 0.782. The first-order valence-corrected chi connectivity index (χ1v) is 9.05. The number of hydrogen-bond acceptors (Lipinski definition) is 4. The Morgan fingerprint density at radius 3 is 2.74 bits per heavy atom. The monoisotopic (exact) mass is 347 g/mol. The fraction of sp³-hybridized carbons (Fsp3) is 0.667. The number of nitrogens with zero attached hydrogens (tertiary/aromatic N) is 3. The van der Waals surface area contributed by atoms with Crippen molar-refractivity contribution in [2.24, 2.45) is 0 Å². The van der Waals surface area contributed by atoms with Gasteiger partial charge in [-0.3, -0.25) is 9.11 Å². The van der Waals surface area contributed by atoms with E-state index in [2.05, 4.69) is 23.7 Å². The lowest BCUT2D eigenvalue weighted by Crippen LogP contribution is -2.55. The summed E-state index contributed by atoms with van der Waals surface area (Å²) in [5, 5.41) is 0. The molecule has 3 heterocycles. The van der Waals surface area contributed by atoms with Crippen LogP contribution in [0.4, 0.5) is 19.0 Å². The van der Waals surface area contributed by atoms with E-state index in [1.54, 1.807) is 0 Å². The Labute approximate surface area is 136 Å². The minimum absolute atomic E-state index is 0.153. The van der Waals surface area contributed by atoms with Gasteiger partial charge in [0.25, 0.3) is 0 Å². The number of halogens is 3. The molecule has 0 unspecified atom stereocenters. The van der Waals surface area contributed by atoms with Crippen LogP contribution in [0.25, 0.3) is 0 Å². The fourth-order valence-corrected chi connectivity index (χ4v) is 4.54. The Balaban J connectivity index is 1.96. The van der Waals surface area contributed by atoms with Crippen molar-refractivity contribution >= 4 is 16.6 Å². The van der Waals surface area contributed by atoms with Crippen molar-refractivity contribution in [3.8, 4) is 0 Å². The molecule has 1 aromatic rings. The van der Waals surface area contributed by atoms with E-state index >= 15 is 0 Å². The number of rotatable bonds is 1. The Morgan fingerprint density at radius 1 is 1.35 bits per heavy atom. The number of pyridine rings is 1. The largest absolute Gasteiger partial charge is 0.417 e. The van der Waals surface area contributed by atoms with Crippen molar-refractivity contribution < 1.29 is 17.4 Å². The predicted octanol–water partition coefficient (Wildman–Crippen LogP) is 2.51. The Morgan fingerprint density at radius 2 is 2.09 bits per heavy atom. The van der Waals surface area contributed by atoms with Gasteiger partial charge in [-0.25, -0.2) is 4.98 Å². The third-order valence-corrected chi connectivity index (χ3v) is 5.96. The van der Waals surface area contributed by atoms with E-state index in [0.29, 0.717) is 30.6 Å². The molecule has 128 valence electrons. The van der Waals surface area contributed by atoms with E-state index in [9.17, 15) is 17.4 Å². The van der Waals surface area contributed by atoms with Gasteiger partial charge < -0.3 is 4.90 Å². The zero-order valence-electron chi connectivity index (χ0n) is 13.1. The number of piperazine rings is 1. The van der Waals surface area contributed by atoms with Gasteiger partial charge in [-0.15, -0.1) is 0 Å². The summed E-state index contributed by atoms with van der Waals surface area (Å²) in [6, 6.07) is 1.59. The van der Waals surface area contributed by atoms with E-state index < -0.39 is 22.5 Å². The van der Waals surface area contributed by atoms with Crippen molar-refractivity contribution in [3.05, 3.63) is 17.8 Å². The van der Waals surface area contributed by atoms with Crippen LogP contribution < -0.4 is 4.90 Å². The highest BCUT2D eigenvalue weighted by Gasteiger charge is 2.37. The number of anilines is 1. The van der Waals surface area contributed by atoms with E-state index in [0.717, 1.165) is 25.4 Å². The summed E-state index contributed by atoms with van der Waals surface area (Å²) in [5.41, 5.74) is -0.830. The molecule has 0 aromatic carbocycles. The van der Waals surface area contributed by atoms with Gasteiger partial charge in [0.2, 0.25) is 0 Å². The maximum Gasteiger partial charge on any atom is 0.417 e. The molecule has 0 N–H and O–H groups in total. The van der Waals surface area contributed by atoms with Gasteiger partial charge >= 0.3 is 6.18 Å². The Bertz CT molecular complexity index is 620. The first kappa shape index (κ1) is 16.7. The first-order chi connectivity index (χ1) is 10.8. The Kier molecular flexibility index (Phi) is 4.39. The SMILES string of the molecule is CC(C)N1CCN2c3ncc(C(F)(F)F)cc3[S@](=O)CC[C@@H]2C1. The number of alkyl halides is 3. The minimum Gasteiger partial charge on any atom is -0.350 e. The third kappa shape index (κ3) is 3.24. The molecule has 2 aliphatic rings. The summed E-state index contributed by atoms with van der Waals surface area (Å²) in [5.74, 6) is 0.838. The fourth-order valence-electron chi connectivity index (χ4n) is 3.20. The molecule has 3 rings (SSSR count). The molecule has 0 amide bonds. The van der Waals surface area contributed by atoms with Crippen LogP contribution in [0.15, 0.2) is 17.2 Å². The molecule has 0 bridgehead atoms. The molecular weight excluding hydrogens is 327 g/mol. The van der Waals surface area contributed by atoms with Crippen LogP contribution in [0.2, 0.25) is 0 Å². The number of fused-ring (bicyclic) bond motifs is 3.